The first-order valence-corrected chi connectivity index (χ1v) is 10.1. The van der Waals surface area contributed by atoms with Crippen LogP contribution < -0.4 is 0 Å². The molecule has 138 valence electrons. The molecule has 0 aliphatic carbocycles. The number of rotatable bonds is 13. The molecule has 0 atom stereocenters. The minimum Gasteiger partial charge on any atom is -0.294 e. The van der Waals surface area contributed by atoms with Gasteiger partial charge in [0.25, 0.3) is 0 Å². The van der Waals surface area contributed by atoms with E-state index in [-0.39, 0.29) is 5.78 Å². The lowest BCUT2D eigenvalue weighted by atomic mass is 9.98. The van der Waals surface area contributed by atoms with Crippen molar-refractivity contribution in [1.29, 1.82) is 0 Å². The molecule has 4 nitrogen and oxygen atoms in total. The summed E-state index contributed by atoms with van der Waals surface area (Å²) in [5.41, 5.74) is 3.23. The highest BCUT2D eigenvalue weighted by Gasteiger charge is 2.15. The molecule has 0 aliphatic heterocycles. The van der Waals surface area contributed by atoms with Gasteiger partial charge in [-0.25, -0.2) is 0 Å². The number of nitrogens with zero attached hydrogens (tertiary/aromatic N) is 2. The molecule has 25 heavy (non-hydrogen) atoms. The fourth-order valence-electron chi connectivity index (χ4n) is 3.44. The number of nitrogens with one attached hydrogen (secondary N) is 1. The monoisotopic (exact) mass is 343 g/mol. The first-order chi connectivity index (χ1) is 12.2. The van der Waals surface area contributed by atoms with Crippen molar-refractivity contribution >= 4 is 16.8 Å². The van der Waals surface area contributed by atoms with Gasteiger partial charge in [-0.2, -0.15) is 15.4 Å². The van der Waals surface area contributed by atoms with Crippen molar-refractivity contribution in [3.8, 4) is 0 Å². The summed E-state index contributed by atoms with van der Waals surface area (Å²) in [6, 6.07) is 3.87. The van der Waals surface area contributed by atoms with E-state index in [9.17, 15) is 4.79 Å². The molecule has 1 aromatic carbocycles. The smallest absolute Gasteiger partial charge is 0.165 e. The minimum atomic E-state index is 0.202. The molecule has 0 aliphatic rings. The van der Waals surface area contributed by atoms with E-state index in [1.165, 1.54) is 57.8 Å². The van der Waals surface area contributed by atoms with Crippen LogP contribution >= 0.6 is 0 Å². The van der Waals surface area contributed by atoms with Gasteiger partial charge in [0.1, 0.15) is 11.0 Å². The first-order valence-electron chi connectivity index (χ1n) is 10.1. The number of aromatic nitrogens is 3. The van der Waals surface area contributed by atoms with Gasteiger partial charge in [-0.1, -0.05) is 77.2 Å². The van der Waals surface area contributed by atoms with Gasteiger partial charge in [-0.15, -0.1) is 0 Å². The predicted octanol–water partition coefficient (Wildman–Crippen LogP) is 6.15. The molecule has 2 aromatic rings. The fourth-order valence-corrected chi connectivity index (χ4v) is 3.44. The molecule has 2 rings (SSSR count). The normalized spacial score (nSPS) is 11.3. The summed E-state index contributed by atoms with van der Waals surface area (Å²) in [4.78, 5) is 12.6. The Kier molecular flexibility index (Phi) is 8.64. The van der Waals surface area contributed by atoms with Crippen molar-refractivity contribution in [1.82, 2.24) is 15.4 Å². The van der Waals surface area contributed by atoms with E-state index in [1.807, 2.05) is 19.1 Å². The summed E-state index contributed by atoms with van der Waals surface area (Å²) >= 11 is 0. The van der Waals surface area contributed by atoms with Crippen LogP contribution in [0.15, 0.2) is 12.1 Å². The maximum Gasteiger partial charge on any atom is 0.165 e. The van der Waals surface area contributed by atoms with Crippen LogP contribution in [0.5, 0.6) is 0 Å². The number of Topliss-reactive ketones (excluding diaryl/α,β-unsaturated/α-hetero) is 1. The molecule has 0 amide bonds. The van der Waals surface area contributed by atoms with Gasteiger partial charge in [0, 0.05) is 6.42 Å². The molecule has 0 bridgehead atoms. The Labute approximate surface area is 151 Å². The second-order valence-electron chi connectivity index (χ2n) is 7.16. The summed E-state index contributed by atoms with van der Waals surface area (Å²) in [6.45, 7) is 4.24. The van der Waals surface area contributed by atoms with Crippen molar-refractivity contribution in [2.45, 2.75) is 90.9 Å². The Hall–Kier alpha value is -1.71. The van der Waals surface area contributed by atoms with E-state index >= 15 is 0 Å². The zero-order valence-corrected chi connectivity index (χ0v) is 15.9. The van der Waals surface area contributed by atoms with Gasteiger partial charge in [-0.3, -0.25) is 4.79 Å². The van der Waals surface area contributed by atoms with Crippen LogP contribution in [-0.4, -0.2) is 21.2 Å². The number of hydrogen-bond acceptors (Lipinski definition) is 3. The molecule has 0 saturated heterocycles. The minimum absolute atomic E-state index is 0.202. The van der Waals surface area contributed by atoms with Crippen molar-refractivity contribution < 1.29 is 4.79 Å². The lowest BCUT2D eigenvalue weighted by molar-refractivity contribution is 0.0980. The van der Waals surface area contributed by atoms with Gasteiger partial charge in [-0.05, 0) is 25.0 Å². The quantitative estimate of drug-likeness (QED) is 0.350. The third-order valence-corrected chi connectivity index (χ3v) is 4.98. The number of H-pyrrole nitrogens is 1. The number of carbonyl (C=O) groups excluding carboxylic acids is 1. The van der Waals surface area contributed by atoms with E-state index in [4.69, 9.17) is 0 Å². The molecule has 0 fully saturated rings. The van der Waals surface area contributed by atoms with E-state index in [2.05, 4.69) is 22.3 Å². The van der Waals surface area contributed by atoms with Crippen LogP contribution in [0.25, 0.3) is 11.0 Å². The van der Waals surface area contributed by atoms with Gasteiger partial charge in [0.05, 0.1) is 5.56 Å². The number of ketones is 1. The summed E-state index contributed by atoms with van der Waals surface area (Å²) in [7, 11) is 0. The average Bonchev–Trinajstić information content (AvgIpc) is 3.07. The summed E-state index contributed by atoms with van der Waals surface area (Å²) < 4.78 is 0. The SMILES string of the molecule is CCCCCCCCCCCCCC(=O)c1c(C)ccc2n[nH]nc12. The number of aryl methyl sites for hydroxylation is 1. The van der Waals surface area contributed by atoms with Crippen LogP contribution in [0.4, 0.5) is 0 Å². The Bertz CT molecular complexity index is 648. The van der Waals surface area contributed by atoms with Gasteiger partial charge in [0.2, 0.25) is 0 Å². The Morgan fingerprint density at radius 3 is 2.12 bits per heavy atom. The molecular formula is C21H33N3O. The second-order valence-corrected chi connectivity index (χ2v) is 7.16. The van der Waals surface area contributed by atoms with Crippen LogP contribution in [-0.2, 0) is 0 Å². The zero-order valence-electron chi connectivity index (χ0n) is 15.9. The maximum atomic E-state index is 12.6. The van der Waals surface area contributed by atoms with Crippen molar-refractivity contribution in [3.05, 3.63) is 23.3 Å². The van der Waals surface area contributed by atoms with Gasteiger partial charge >= 0.3 is 0 Å². The van der Waals surface area contributed by atoms with Gasteiger partial charge < -0.3 is 0 Å². The highest BCUT2D eigenvalue weighted by atomic mass is 16.1. The van der Waals surface area contributed by atoms with E-state index < -0.39 is 0 Å². The summed E-state index contributed by atoms with van der Waals surface area (Å²) in [6.07, 6.45) is 14.9. The van der Waals surface area contributed by atoms with Crippen LogP contribution in [0.3, 0.4) is 0 Å². The van der Waals surface area contributed by atoms with Crippen molar-refractivity contribution in [2.75, 3.05) is 0 Å². The molecule has 1 aromatic heterocycles. The zero-order chi connectivity index (χ0) is 17.9. The molecule has 0 radical (unpaired) electrons. The number of unbranched alkanes of at least 4 members (excludes halogenated alkanes) is 10. The molecular weight excluding hydrogens is 310 g/mol. The van der Waals surface area contributed by atoms with Gasteiger partial charge in [0.15, 0.2) is 5.78 Å². The van der Waals surface area contributed by atoms with Crippen molar-refractivity contribution in [2.24, 2.45) is 0 Å². The van der Waals surface area contributed by atoms with E-state index in [0.717, 1.165) is 29.5 Å². The highest BCUT2D eigenvalue weighted by Crippen LogP contribution is 2.21. The maximum absolute atomic E-state index is 12.6. The summed E-state index contributed by atoms with van der Waals surface area (Å²) in [5, 5.41) is 10.8. The van der Waals surface area contributed by atoms with Crippen molar-refractivity contribution in [3.63, 3.8) is 0 Å². The average molecular weight is 344 g/mol. The number of fused-ring (bicyclic) bond motifs is 1. The first kappa shape index (κ1) is 19.6. The van der Waals surface area contributed by atoms with Crippen LogP contribution in [0.1, 0.15) is 99.9 Å². The number of benzene rings is 1. The Balaban J connectivity index is 1.60. The predicted molar refractivity (Wildman–Crippen MR) is 104 cm³/mol. The fraction of sp³-hybridized carbons (Fsp3) is 0.667. The van der Waals surface area contributed by atoms with E-state index in [1.54, 1.807) is 0 Å². The lowest BCUT2D eigenvalue weighted by Crippen LogP contribution is -2.03. The molecule has 0 unspecified atom stereocenters. The highest BCUT2D eigenvalue weighted by molar-refractivity contribution is 6.07. The standard InChI is InChI=1S/C21H33N3O/c1-3-4-5-6-7-8-9-10-11-12-13-14-19(25)20-17(2)15-16-18-21(20)23-24-22-18/h15-16H,3-14H2,1-2H3,(H,22,23,24). The van der Waals surface area contributed by atoms with E-state index in [0.29, 0.717) is 11.9 Å². The van der Waals surface area contributed by atoms with Crippen LogP contribution in [0.2, 0.25) is 0 Å². The molecule has 1 N–H and O–H groups in total. The Morgan fingerprint density at radius 1 is 0.880 bits per heavy atom. The van der Waals surface area contributed by atoms with Crippen LogP contribution in [0, 0.1) is 6.92 Å². The topological polar surface area (TPSA) is 58.6 Å². The lowest BCUT2D eigenvalue weighted by Gasteiger charge is -2.06. The third kappa shape index (κ3) is 6.26. The third-order valence-electron chi connectivity index (χ3n) is 4.98. The second kappa shape index (κ2) is 11.0. The number of carbonyl (C=O) groups is 1. The molecule has 0 spiro atoms. The largest absolute Gasteiger partial charge is 0.294 e. The molecule has 4 heteroatoms. The molecule has 1 heterocycles. The summed E-state index contributed by atoms with van der Waals surface area (Å²) in [5.74, 6) is 0.202. The number of hydrogen-bond donors (Lipinski definition) is 1. The molecule has 0 saturated carbocycles. The Morgan fingerprint density at radius 2 is 1.48 bits per heavy atom. The number of aromatic amines is 1.